The summed E-state index contributed by atoms with van der Waals surface area (Å²) in [5, 5.41) is 39.2. The first-order chi connectivity index (χ1) is 13.5. The summed E-state index contributed by atoms with van der Waals surface area (Å²) in [6.07, 6.45) is -3.32. The van der Waals surface area contributed by atoms with Crippen molar-refractivity contribution in [1.29, 1.82) is 0 Å². The summed E-state index contributed by atoms with van der Waals surface area (Å²) >= 11 is 0. The molecule has 154 valence electrons. The van der Waals surface area contributed by atoms with Crippen molar-refractivity contribution in [3.63, 3.8) is 0 Å². The van der Waals surface area contributed by atoms with Crippen molar-refractivity contribution in [2.75, 3.05) is 50.8 Å². The number of hydrogen-bond donors (Lipinski definition) is 6. The molecule has 2 aliphatic heterocycles. The molecule has 2 aromatic rings. The molecule has 12 nitrogen and oxygen atoms in total. The van der Waals surface area contributed by atoms with Crippen molar-refractivity contribution in [1.82, 2.24) is 19.5 Å². The van der Waals surface area contributed by atoms with Crippen LogP contribution in [-0.4, -0.2) is 104 Å². The van der Waals surface area contributed by atoms with E-state index in [4.69, 9.17) is 9.84 Å². The average molecular weight is 397 g/mol. The summed E-state index contributed by atoms with van der Waals surface area (Å²) in [6.45, 7) is 3.16. The number of hydrogen-bond acceptors (Lipinski definition) is 9. The lowest BCUT2D eigenvalue weighted by molar-refractivity contribution is -0.900. The van der Waals surface area contributed by atoms with Crippen molar-refractivity contribution < 1.29 is 30.1 Å². The van der Waals surface area contributed by atoms with Crippen LogP contribution < -0.4 is 15.4 Å². The van der Waals surface area contributed by atoms with Crippen LogP contribution in [0.25, 0.3) is 11.2 Å². The zero-order valence-corrected chi connectivity index (χ0v) is 15.2. The predicted octanol–water partition coefficient (Wildman–Crippen LogP) is -4.57. The normalized spacial score (nSPS) is 29.1. The molecule has 0 aliphatic carbocycles. The minimum atomic E-state index is -1.31. The number of aromatic amines is 1. The Morgan fingerprint density at radius 1 is 1.25 bits per heavy atom. The number of piperazine rings is 1. The van der Waals surface area contributed by atoms with Gasteiger partial charge in [0, 0.05) is 0 Å². The first-order valence-electron chi connectivity index (χ1n) is 9.32. The second-order valence-corrected chi connectivity index (χ2v) is 7.13. The number of nitrogens with zero attached hydrogens (tertiary/aromatic N) is 4. The molecule has 0 radical (unpaired) electrons. The molecule has 4 rings (SSSR count). The molecule has 4 atom stereocenters. The highest BCUT2D eigenvalue weighted by Crippen LogP contribution is 2.34. The standard InChI is InChI=1S/C16H24N6O6/c23-6-5-20-1-3-21(4-2-20)16-19-10-13(17-8-18-14(10)27)22(16)15-12(26)11(25)9(7-24)28-15/h8-9,11-12,15,23-26H,1-7H2,(H,17,18,27)/p+1/t9-,11+,12-,15+/m0/s1. The molecule has 2 saturated heterocycles. The summed E-state index contributed by atoms with van der Waals surface area (Å²) in [6, 6.07) is 0. The fourth-order valence-corrected chi connectivity index (χ4v) is 3.89. The van der Waals surface area contributed by atoms with E-state index < -0.39 is 36.7 Å². The van der Waals surface area contributed by atoms with Crippen molar-refractivity contribution >= 4 is 17.1 Å². The molecule has 4 heterocycles. The second kappa shape index (κ2) is 7.73. The number of aromatic nitrogens is 4. The molecule has 0 amide bonds. The van der Waals surface area contributed by atoms with E-state index >= 15 is 0 Å². The Labute approximate surface area is 159 Å². The second-order valence-electron chi connectivity index (χ2n) is 7.13. The molecule has 28 heavy (non-hydrogen) atoms. The van der Waals surface area contributed by atoms with Crippen molar-refractivity contribution in [2.45, 2.75) is 24.5 Å². The van der Waals surface area contributed by atoms with E-state index in [9.17, 15) is 20.1 Å². The van der Waals surface area contributed by atoms with Crippen molar-refractivity contribution in [3.8, 4) is 0 Å². The predicted molar refractivity (Wildman–Crippen MR) is 96.0 cm³/mol. The van der Waals surface area contributed by atoms with E-state index in [-0.39, 0.29) is 17.8 Å². The number of H-pyrrole nitrogens is 1. The van der Waals surface area contributed by atoms with Crippen molar-refractivity contribution in [3.05, 3.63) is 16.7 Å². The number of ether oxygens (including phenoxy) is 1. The molecule has 0 aromatic carbocycles. The third kappa shape index (κ3) is 3.17. The maximum atomic E-state index is 12.2. The van der Waals surface area contributed by atoms with Gasteiger partial charge in [-0.1, -0.05) is 0 Å². The van der Waals surface area contributed by atoms with Crippen LogP contribution in [0.4, 0.5) is 5.95 Å². The SMILES string of the molecule is O=c1[nH]cnc2c1nc(N1CC[NH+](CCO)CC1)n2[C@@H]1O[C@@H](CO)[C@@H](O)[C@@H]1O. The first-order valence-corrected chi connectivity index (χ1v) is 9.32. The molecule has 2 aromatic heterocycles. The Morgan fingerprint density at radius 3 is 2.64 bits per heavy atom. The van der Waals surface area contributed by atoms with Crippen LogP contribution >= 0.6 is 0 Å². The van der Waals surface area contributed by atoms with E-state index in [1.807, 2.05) is 4.90 Å². The fourth-order valence-electron chi connectivity index (χ4n) is 3.89. The van der Waals surface area contributed by atoms with Crippen LogP contribution in [0.1, 0.15) is 6.23 Å². The number of aliphatic hydroxyl groups excluding tert-OH is 4. The maximum Gasteiger partial charge on any atom is 0.278 e. The Bertz CT molecular complexity index is 878. The summed E-state index contributed by atoms with van der Waals surface area (Å²) in [5.74, 6) is 0.414. The Kier molecular flexibility index (Phi) is 5.31. The van der Waals surface area contributed by atoms with Crippen LogP contribution in [0.3, 0.4) is 0 Å². The van der Waals surface area contributed by atoms with Gasteiger partial charge in [0.2, 0.25) is 5.95 Å². The summed E-state index contributed by atoms with van der Waals surface area (Å²) in [7, 11) is 0. The molecule has 0 unspecified atom stereocenters. The highest BCUT2D eigenvalue weighted by atomic mass is 16.6. The van der Waals surface area contributed by atoms with E-state index in [0.717, 1.165) is 13.1 Å². The monoisotopic (exact) mass is 397 g/mol. The first kappa shape index (κ1) is 19.2. The Morgan fingerprint density at radius 2 is 2.00 bits per heavy atom. The molecule has 0 bridgehead atoms. The Balaban J connectivity index is 1.74. The number of fused-ring (bicyclic) bond motifs is 1. The van der Waals surface area contributed by atoms with E-state index in [1.165, 1.54) is 15.8 Å². The van der Waals surface area contributed by atoms with E-state index in [0.29, 0.717) is 25.6 Å². The zero-order valence-electron chi connectivity index (χ0n) is 15.2. The number of imidazole rings is 1. The summed E-state index contributed by atoms with van der Waals surface area (Å²) < 4.78 is 7.19. The fraction of sp³-hybridized carbons (Fsp3) is 0.688. The van der Waals surface area contributed by atoms with Crippen LogP contribution in [-0.2, 0) is 4.74 Å². The lowest BCUT2D eigenvalue weighted by Gasteiger charge is -2.33. The molecule has 2 aliphatic rings. The number of aliphatic hydroxyl groups is 4. The number of quaternary nitrogens is 1. The third-order valence-corrected chi connectivity index (χ3v) is 5.46. The summed E-state index contributed by atoms with van der Waals surface area (Å²) in [4.78, 5) is 26.6. The largest absolute Gasteiger partial charge is 0.394 e. The van der Waals surface area contributed by atoms with Crippen LogP contribution in [0.15, 0.2) is 11.1 Å². The van der Waals surface area contributed by atoms with E-state index in [1.54, 1.807) is 0 Å². The minimum Gasteiger partial charge on any atom is -0.394 e. The topological polar surface area (TPSA) is 161 Å². The molecule has 0 spiro atoms. The van der Waals surface area contributed by atoms with E-state index in [2.05, 4.69) is 15.0 Å². The molecule has 2 fully saturated rings. The highest BCUT2D eigenvalue weighted by molar-refractivity contribution is 5.73. The smallest absolute Gasteiger partial charge is 0.278 e. The van der Waals surface area contributed by atoms with Gasteiger partial charge in [0.25, 0.3) is 5.56 Å². The van der Waals surface area contributed by atoms with Gasteiger partial charge in [-0.25, -0.2) is 9.97 Å². The molecular weight excluding hydrogens is 372 g/mol. The lowest BCUT2D eigenvalue weighted by Crippen LogP contribution is -3.15. The van der Waals surface area contributed by atoms with Gasteiger partial charge in [-0.05, 0) is 0 Å². The maximum absolute atomic E-state index is 12.2. The van der Waals surface area contributed by atoms with Crippen molar-refractivity contribution in [2.24, 2.45) is 0 Å². The average Bonchev–Trinajstić information content (AvgIpc) is 3.22. The van der Waals surface area contributed by atoms with Gasteiger partial charge < -0.3 is 39.9 Å². The quantitative estimate of drug-likeness (QED) is 0.292. The number of anilines is 1. The van der Waals surface area contributed by atoms with Gasteiger partial charge in [0.15, 0.2) is 17.4 Å². The van der Waals surface area contributed by atoms with Gasteiger partial charge in [-0.3, -0.25) is 9.36 Å². The third-order valence-electron chi connectivity index (χ3n) is 5.46. The number of nitrogens with one attached hydrogen (secondary N) is 2. The Hall–Kier alpha value is -2.09. The lowest BCUT2D eigenvalue weighted by atomic mass is 10.1. The van der Waals surface area contributed by atoms with Crippen LogP contribution in [0.2, 0.25) is 0 Å². The van der Waals surface area contributed by atoms with Gasteiger partial charge in [0.1, 0.15) is 24.9 Å². The molecule has 6 N–H and O–H groups in total. The van der Waals surface area contributed by atoms with Gasteiger partial charge in [0.05, 0.1) is 45.7 Å². The molecule has 12 heteroatoms. The highest BCUT2D eigenvalue weighted by Gasteiger charge is 2.45. The minimum absolute atomic E-state index is 0.111. The van der Waals surface area contributed by atoms with Gasteiger partial charge >= 0.3 is 0 Å². The molecular formula is C16H25N6O6+. The zero-order chi connectivity index (χ0) is 19.8. The van der Waals surface area contributed by atoms with Gasteiger partial charge in [-0.15, -0.1) is 0 Å². The molecule has 0 saturated carbocycles. The van der Waals surface area contributed by atoms with Gasteiger partial charge in [-0.2, -0.15) is 0 Å². The summed E-state index contributed by atoms with van der Waals surface area (Å²) in [5.41, 5.74) is -0.0691. The van der Waals surface area contributed by atoms with Crippen LogP contribution in [0.5, 0.6) is 0 Å². The number of rotatable bonds is 5. The van der Waals surface area contributed by atoms with Crippen LogP contribution in [0, 0.1) is 0 Å².